The zero-order valence-electron chi connectivity index (χ0n) is 11.1. The van der Waals surface area contributed by atoms with Crippen LogP contribution >= 0.6 is 0 Å². The van der Waals surface area contributed by atoms with E-state index in [9.17, 15) is 4.79 Å². The van der Waals surface area contributed by atoms with E-state index >= 15 is 0 Å². The Morgan fingerprint density at radius 3 is 3.11 bits per heavy atom. The number of anilines is 1. The number of nitrogens with zero attached hydrogens (tertiary/aromatic N) is 2. The Labute approximate surface area is 113 Å². The van der Waals surface area contributed by atoms with Crippen molar-refractivity contribution in [2.45, 2.75) is 31.8 Å². The van der Waals surface area contributed by atoms with Crippen LogP contribution in [0.5, 0.6) is 0 Å². The van der Waals surface area contributed by atoms with Crippen LogP contribution in [-0.4, -0.2) is 25.7 Å². The predicted octanol–water partition coefficient (Wildman–Crippen LogP) is 2.48. The van der Waals surface area contributed by atoms with Crippen LogP contribution in [0.1, 0.15) is 31.2 Å². The quantitative estimate of drug-likeness (QED) is 0.833. The molecule has 1 aromatic rings. The second-order valence-corrected chi connectivity index (χ2v) is 4.79. The molecule has 1 aromatic carbocycles. The molecule has 0 radical (unpaired) electrons. The second-order valence-electron chi connectivity index (χ2n) is 4.79. The topological polar surface area (TPSA) is 53.3 Å². The molecule has 0 saturated carbocycles. The first-order valence-corrected chi connectivity index (χ1v) is 6.59. The zero-order valence-corrected chi connectivity index (χ0v) is 11.1. The van der Waals surface area contributed by atoms with Crippen LogP contribution < -0.4 is 4.90 Å². The Bertz CT molecular complexity index is 487. The van der Waals surface area contributed by atoms with E-state index in [1.54, 1.807) is 30.1 Å². The summed E-state index contributed by atoms with van der Waals surface area (Å²) in [5.74, 6) is 0.0607. The average molecular weight is 258 g/mol. The van der Waals surface area contributed by atoms with Gasteiger partial charge in [-0.05, 0) is 37.5 Å². The molecule has 1 heterocycles. The third-order valence-electron chi connectivity index (χ3n) is 3.44. The van der Waals surface area contributed by atoms with Crippen molar-refractivity contribution in [3.8, 4) is 6.07 Å². The standard InChI is InChI=1S/C15H18N2O2/c1-17(13-5-2-4-12(10-13)11-16)15(18)8-7-14-6-3-9-19-14/h2,4-5,10,14H,3,6-9H2,1H3. The summed E-state index contributed by atoms with van der Waals surface area (Å²) in [4.78, 5) is 13.7. The minimum absolute atomic E-state index is 0.0607. The molecular weight excluding hydrogens is 240 g/mol. The van der Waals surface area contributed by atoms with Gasteiger partial charge in [-0.2, -0.15) is 5.26 Å². The highest BCUT2D eigenvalue weighted by molar-refractivity contribution is 5.92. The minimum atomic E-state index is 0.0607. The van der Waals surface area contributed by atoms with Gasteiger partial charge in [0.2, 0.25) is 5.91 Å². The monoisotopic (exact) mass is 258 g/mol. The third kappa shape index (κ3) is 3.55. The molecule has 0 aliphatic carbocycles. The van der Waals surface area contributed by atoms with Crippen molar-refractivity contribution in [3.05, 3.63) is 29.8 Å². The highest BCUT2D eigenvalue weighted by Crippen LogP contribution is 2.19. The maximum atomic E-state index is 12.1. The summed E-state index contributed by atoms with van der Waals surface area (Å²) in [6, 6.07) is 9.16. The highest BCUT2D eigenvalue weighted by atomic mass is 16.5. The van der Waals surface area contributed by atoms with E-state index in [1.807, 2.05) is 6.07 Å². The molecule has 1 unspecified atom stereocenters. The summed E-state index contributed by atoms with van der Waals surface area (Å²) in [6.45, 7) is 0.818. The molecule has 1 atom stereocenters. The molecule has 1 aliphatic heterocycles. The molecule has 1 aliphatic rings. The van der Waals surface area contributed by atoms with Crippen LogP contribution in [0.2, 0.25) is 0 Å². The molecule has 1 amide bonds. The largest absolute Gasteiger partial charge is 0.378 e. The van der Waals surface area contributed by atoms with Crippen LogP contribution in [0.15, 0.2) is 24.3 Å². The van der Waals surface area contributed by atoms with Gasteiger partial charge < -0.3 is 9.64 Å². The number of carbonyl (C=O) groups excluding carboxylic acids is 1. The summed E-state index contributed by atoms with van der Waals surface area (Å²) in [7, 11) is 1.74. The van der Waals surface area contributed by atoms with Crippen molar-refractivity contribution in [1.82, 2.24) is 0 Å². The van der Waals surface area contributed by atoms with Crippen LogP contribution in [0.25, 0.3) is 0 Å². The second kappa shape index (κ2) is 6.35. The molecule has 19 heavy (non-hydrogen) atoms. The van der Waals surface area contributed by atoms with Gasteiger partial charge in [-0.3, -0.25) is 4.79 Å². The van der Waals surface area contributed by atoms with Crippen LogP contribution in [0, 0.1) is 11.3 Å². The van der Waals surface area contributed by atoms with Crippen LogP contribution in [-0.2, 0) is 9.53 Å². The number of hydrogen-bond acceptors (Lipinski definition) is 3. The number of nitriles is 1. The van der Waals surface area contributed by atoms with Crippen molar-refractivity contribution >= 4 is 11.6 Å². The van der Waals surface area contributed by atoms with Crippen molar-refractivity contribution in [1.29, 1.82) is 5.26 Å². The van der Waals surface area contributed by atoms with E-state index < -0.39 is 0 Å². The van der Waals surface area contributed by atoms with Gasteiger partial charge in [-0.1, -0.05) is 6.07 Å². The fraction of sp³-hybridized carbons (Fsp3) is 0.467. The number of benzene rings is 1. The molecule has 100 valence electrons. The lowest BCUT2D eigenvalue weighted by atomic mass is 10.1. The van der Waals surface area contributed by atoms with E-state index in [4.69, 9.17) is 10.00 Å². The van der Waals surface area contributed by atoms with Gasteiger partial charge in [0.25, 0.3) is 0 Å². The molecule has 0 bridgehead atoms. The molecule has 4 nitrogen and oxygen atoms in total. The van der Waals surface area contributed by atoms with E-state index in [-0.39, 0.29) is 12.0 Å². The number of carbonyl (C=O) groups is 1. The fourth-order valence-electron chi connectivity index (χ4n) is 2.25. The summed E-state index contributed by atoms with van der Waals surface area (Å²) < 4.78 is 5.51. The first-order valence-electron chi connectivity index (χ1n) is 6.59. The van der Waals surface area contributed by atoms with E-state index in [0.29, 0.717) is 12.0 Å². The summed E-state index contributed by atoms with van der Waals surface area (Å²) >= 11 is 0. The van der Waals surface area contributed by atoms with E-state index in [1.165, 1.54) is 0 Å². The van der Waals surface area contributed by atoms with Gasteiger partial charge in [0.15, 0.2) is 0 Å². The number of hydrogen-bond donors (Lipinski definition) is 0. The van der Waals surface area contributed by atoms with Crippen molar-refractivity contribution in [2.24, 2.45) is 0 Å². The lowest BCUT2D eigenvalue weighted by molar-refractivity contribution is -0.118. The SMILES string of the molecule is CN(C(=O)CCC1CCCO1)c1cccc(C#N)c1. The van der Waals surface area contributed by atoms with Gasteiger partial charge in [-0.15, -0.1) is 0 Å². The molecule has 4 heteroatoms. The van der Waals surface area contributed by atoms with Crippen molar-refractivity contribution < 1.29 is 9.53 Å². The average Bonchev–Trinajstić information content (AvgIpc) is 2.97. The smallest absolute Gasteiger partial charge is 0.226 e. The lowest BCUT2D eigenvalue weighted by Gasteiger charge is -2.18. The Morgan fingerprint density at radius 1 is 1.58 bits per heavy atom. The molecular formula is C15H18N2O2. The predicted molar refractivity (Wildman–Crippen MR) is 72.8 cm³/mol. The Balaban J connectivity index is 1.92. The first kappa shape index (κ1) is 13.6. The Hall–Kier alpha value is -1.86. The third-order valence-corrected chi connectivity index (χ3v) is 3.44. The summed E-state index contributed by atoms with van der Waals surface area (Å²) in [6.07, 6.45) is 3.65. The maximum Gasteiger partial charge on any atom is 0.226 e. The molecule has 0 spiro atoms. The number of amides is 1. The van der Waals surface area contributed by atoms with E-state index in [2.05, 4.69) is 6.07 Å². The van der Waals surface area contributed by atoms with Crippen LogP contribution in [0.3, 0.4) is 0 Å². The van der Waals surface area contributed by atoms with Gasteiger partial charge in [0.05, 0.1) is 17.7 Å². The molecule has 1 fully saturated rings. The molecule has 0 aromatic heterocycles. The van der Waals surface area contributed by atoms with Gasteiger partial charge in [-0.25, -0.2) is 0 Å². The van der Waals surface area contributed by atoms with Gasteiger partial charge >= 0.3 is 0 Å². The summed E-state index contributed by atoms with van der Waals surface area (Å²) in [5, 5.41) is 8.86. The molecule has 2 rings (SSSR count). The van der Waals surface area contributed by atoms with E-state index in [0.717, 1.165) is 31.6 Å². The number of ether oxygens (including phenoxy) is 1. The summed E-state index contributed by atoms with van der Waals surface area (Å²) in [5.41, 5.74) is 1.33. The normalized spacial score (nSPS) is 18.0. The minimum Gasteiger partial charge on any atom is -0.378 e. The first-order chi connectivity index (χ1) is 9.20. The fourth-order valence-corrected chi connectivity index (χ4v) is 2.25. The van der Waals surface area contributed by atoms with Crippen molar-refractivity contribution in [2.75, 3.05) is 18.6 Å². The molecule has 1 saturated heterocycles. The maximum absolute atomic E-state index is 12.1. The zero-order chi connectivity index (χ0) is 13.7. The molecule has 0 N–H and O–H groups in total. The Morgan fingerprint density at radius 2 is 2.42 bits per heavy atom. The van der Waals surface area contributed by atoms with Crippen molar-refractivity contribution in [3.63, 3.8) is 0 Å². The lowest BCUT2D eigenvalue weighted by Crippen LogP contribution is -2.27. The Kier molecular flexibility index (Phi) is 4.53. The van der Waals surface area contributed by atoms with Gasteiger partial charge in [0.1, 0.15) is 0 Å². The number of rotatable bonds is 4. The van der Waals surface area contributed by atoms with Gasteiger partial charge in [0, 0.05) is 25.8 Å². The highest BCUT2D eigenvalue weighted by Gasteiger charge is 2.18. The van der Waals surface area contributed by atoms with Crippen LogP contribution in [0.4, 0.5) is 5.69 Å².